The minimum Gasteiger partial charge on any atom is -0.481 e. The van der Waals surface area contributed by atoms with Crippen molar-refractivity contribution >= 4 is 22.8 Å². The number of nitrogens with one attached hydrogen (secondary N) is 2. The number of H-pyrrole nitrogens is 1. The van der Waals surface area contributed by atoms with Crippen LogP contribution in [0.1, 0.15) is 22.6 Å². The van der Waals surface area contributed by atoms with Gasteiger partial charge in [-0.15, -0.1) is 0 Å². The van der Waals surface area contributed by atoms with Crippen molar-refractivity contribution in [2.24, 2.45) is 0 Å². The Labute approximate surface area is 113 Å². The molecular weight excluding hydrogens is 262 g/mol. The van der Waals surface area contributed by atoms with Crippen LogP contribution >= 0.6 is 0 Å². The summed E-state index contributed by atoms with van der Waals surface area (Å²) in [4.78, 5) is 40.4. The molecule has 0 radical (unpaired) electrons. The van der Waals surface area contributed by atoms with Crippen molar-refractivity contribution in [1.82, 2.24) is 15.3 Å². The number of rotatable bonds is 4. The molecule has 0 aliphatic rings. The third-order valence-corrected chi connectivity index (χ3v) is 2.84. The average molecular weight is 275 g/mol. The molecule has 0 saturated heterocycles. The first kappa shape index (κ1) is 13.7. The summed E-state index contributed by atoms with van der Waals surface area (Å²) in [5.74, 6) is -1.42. The van der Waals surface area contributed by atoms with Crippen molar-refractivity contribution in [3.8, 4) is 0 Å². The molecule has 104 valence electrons. The second-order valence-electron chi connectivity index (χ2n) is 4.24. The molecule has 2 aromatic rings. The van der Waals surface area contributed by atoms with Crippen molar-refractivity contribution in [2.45, 2.75) is 12.8 Å². The van der Waals surface area contributed by atoms with E-state index in [0.717, 1.165) is 5.56 Å². The van der Waals surface area contributed by atoms with Gasteiger partial charge in [-0.1, -0.05) is 6.07 Å². The first-order valence-electron chi connectivity index (χ1n) is 5.98. The summed E-state index contributed by atoms with van der Waals surface area (Å²) >= 11 is 0. The number of aliphatic carboxylic acids is 1. The Kier molecular flexibility index (Phi) is 3.79. The standard InChI is InChI=1S/C13H13N3O4/c1-14-13(20)11-15-9-4-2-7(3-5-10(17)18)6-8(9)12(19)16-11/h2,4,6H,3,5H2,1H3,(H,14,20)(H,17,18)(H,15,16,19). The Bertz CT molecular complexity index is 736. The van der Waals surface area contributed by atoms with Gasteiger partial charge in [0.1, 0.15) is 0 Å². The van der Waals surface area contributed by atoms with Crippen molar-refractivity contribution < 1.29 is 14.7 Å². The van der Waals surface area contributed by atoms with Gasteiger partial charge in [0, 0.05) is 13.5 Å². The van der Waals surface area contributed by atoms with Crippen molar-refractivity contribution in [1.29, 1.82) is 0 Å². The Balaban J connectivity index is 2.44. The summed E-state index contributed by atoms with van der Waals surface area (Å²) in [6.45, 7) is 0. The van der Waals surface area contributed by atoms with E-state index in [4.69, 9.17) is 5.11 Å². The van der Waals surface area contributed by atoms with Gasteiger partial charge in [-0.3, -0.25) is 14.4 Å². The lowest BCUT2D eigenvalue weighted by atomic mass is 10.1. The van der Waals surface area contributed by atoms with Gasteiger partial charge in [-0.05, 0) is 24.1 Å². The molecule has 7 nitrogen and oxygen atoms in total. The number of carboxylic acid groups (broad SMARTS) is 1. The van der Waals surface area contributed by atoms with E-state index >= 15 is 0 Å². The molecule has 1 heterocycles. The van der Waals surface area contributed by atoms with Gasteiger partial charge in [-0.2, -0.15) is 0 Å². The van der Waals surface area contributed by atoms with E-state index in [2.05, 4.69) is 15.3 Å². The highest BCUT2D eigenvalue weighted by Crippen LogP contribution is 2.12. The van der Waals surface area contributed by atoms with Crippen LogP contribution in [0.25, 0.3) is 10.9 Å². The Morgan fingerprint density at radius 2 is 2.15 bits per heavy atom. The van der Waals surface area contributed by atoms with Gasteiger partial charge in [-0.25, -0.2) is 4.98 Å². The van der Waals surface area contributed by atoms with Crippen LogP contribution in [0.15, 0.2) is 23.0 Å². The molecular formula is C13H13N3O4. The van der Waals surface area contributed by atoms with Crippen LogP contribution < -0.4 is 10.9 Å². The molecule has 0 unspecified atom stereocenters. The quantitative estimate of drug-likeness (QED) is 0.743. The molecule has 1 aromatic carbocycles. The van der Waals surface area contributed by atoms with Gasteiger partial charge in [0.25, 0.3) is 11.5 Å². The minimum atomic E-state index is -0.896. The lowest BCUT2D eigenvalue weighted by Crippen LogP contribution is -2.24. The smallest absolute Gasteiger partial charge is 0.303 e. The van der Waals surface area contributed by atoms with Crippen LogP contribution in [0.4, 0.5) is 0 Å². The molecule has 20 heavy (non-hydrogen) atoms. The van der Waals surface area contributed by atoms with E-state index in [-0.39, 0.29) is 12.2 Å². The molecule has 0 aliphatic carbocycles. The molecule has 2 rings (SSSR count). The fourth-order valence-electron chi connectivity index (χ4n) is 1.82. The lowest BCUT2D eigenvalue weighted by molar-refractivity contribution is -0.136. The third-order valence-electron chi connectivity index (χ3n) is 2.84. The van der Waals surface area contributed by atoms with Crippen LogP contribution in [0.2, 0.25) is 0 Å². The number of amides is 1. The monoisotopic (exact) mass is 275 g/mol. The van der Waals surface area contributed by atoms with Crippen LogP contribution in [-0.4, -0.2) is 34.0 Å². The summed E-state index contributed by atoms with van der Waals surface area (Å²) in [6, 6.07) is 4.90. The third kappa shape index (κ3) is 2.82. The predicted molar refractivity (Wildman–Crippen MR) is 71.7 cm³/mol. The Morgan fingerprint density at radius 1 is 1.40 bits per heavy atom. The van der Waals surface area contributed by atoms with E-state index in [9.17, 15) is 14.4 Å². The molecule has 7 heteroatoms. The second kappa shape index (κ2) is 5.52. The average Bonchev–Trinajstić information content (AvgIpc) is 2.44. The molecule has 0 saturated carbocycles. The fourth-order valence-corrected chi connectivity index (χ4v) is 1.82. The maximum absolute atomic E-state index is 11.9. The van der Waals surface area contributed by atoms with E-state index in [1.165, 1.54) is 7.05 Å². The number of aryl methyl sites for hydroxylation is 1. The molecule has 1 aromatic heterocycles. The van der Waals surface area contributed by atoms with Gasteiger partial charge < -0.3 is 15.4 Å². The number of hydrogen-bond acceptors (Lipinski definition) is 4. The molecule has 0 fully saturated rings. The number of nitrogens with zero attached hydrogens (tertiary/aromatic N) is 1. The van der Waals surface area contributed by atoms with Crippen molar-refractivity contribution in [3.05, 3.63) is 39.9 Å². The summed E-state index contributed by atoms with van der Waals surface area (Å²) in [5, 5.41) is 11.4. The normalized spacial score (nSPS) is 10.4. The molecule has 3 N–H and O–H groups in total. The van der Waals surface area contributed by atoms with Gasteiger partial charge in [0.05, 0.1) is 10.9 Å². The summed E-state index contributed by atoms with van der Waals surface area (Å²) in [6.07, 6.45) is 0.328. The van der Waals surface area contributed by atoms with Gasteiger partial charge in [0.2, 0.25) is 0 Å². The zero-order chi connectivity index (χ0) is 14.7. The van der Waals surface area contributed by atoms with Crippen LogP contribution in [0.3, 0.4) is 0 Å². The van der Waals surface area contributed by atoms with Crippen LogP contribution in [-0.2, 0) is 11.2 Å². The number of aromatic amines is 1. The molecule has 0 spiro atoms. The van der Waals surface area contributed by atoms with Gasteiger partial charge >= 0.3 is 5.97 Å². The van der Waals surface area contributed by atoms with Gasteiger partial charge in [0.15, 0.2) is 5.82 Å². The highest BCUT2D eigenvalue weighted by molar-refractivity contribution is 5.92. The van der Waals surface area contributed by atoms with E-state index in [1.807, 2.05) is 0 Å². The van der Waals surface area contributed by atoms with Crippen molar-refractivity contribution in [2.75, 3.05) is 7.05 Å². The number of carboxylic acids is 1. The number of benzene rings is 1. The fraction of sp³-hybridized carbons (Fsp3) is 0.231. The number of hydrogen-bond donors (Lipinski definition) is 3. The topological polar surface area (TPSA) is 112 Å². The minimum absolute atomic E-state index is 0.00678. The van der Waals surface area contributed by atoms with E-state index in [0.29, 0.717) is 17.3 Å². The predicted octanol–water partition coefficient (Wildman–Crippen LogP) is 0.300. The highest BCUT2D eigenvalue weighted by atomic mass is 16.4. The van der Waals surface area contributed by atoms with Crippen LogP contribution in [0.5, 0.6) is 0 Å². The summed E-state index contributed by atoms with van der Waals surface area (Å²) in [7, 11) is 1.45. The largest absolute Gasteiger partial charge is 0.481 e. The maximum atomic E-state index is 11.9. The number of aromatic nitrogens is 2. The van der Waals surface area contributed by atoms with Crippen LogP contribution in [0, 0.1) is 0 Å². The lowest BCUT2D eigenvalue weighted by Gasteiger charge is -2.04. The van der Waals surface area contributed by atoms with E-state index < -0.39 is 17.4 Å². The molecule has 0 bridgehead atoms. The molecule has 1 amide bonds. The van der Waals surface area contributed by atoms with E-state index in [1.54, 1.807) is 18.2 Å². The zero-order valence-electron chi connectivity index (χ0n) is 10.8. The Morgan fingerprint density at radius 3 is 2.80 bits per heavy atom. The summed E-state index contributed by atoms with van der Waals surface area (Å²) in [5.41, 5.74) is 0.706. The second-order valence-corrected chi connectivity index (χ2v) is 4.24. The van der Waals surface area contributed by atoms with Crippen molar-refractivity contribution in [3.63, 3.8) is 0 Å². The number of carbonyl (C=O) groups excluding carboxylic acids is 1. The number of fused-ring (bicyclic) bond motifs is 1. The maximum Gasteiger partial charge on any atom is 0.303 e. The number of carbonyl (C=O) groups is 2. The SMILES string of the molecule is CNC(=O)c1nc2ccc(CCC(=O)O)cc2c(=O)[nH]1. The first-order chi connectivity index (χ1) is 9.51. The molecule has 0 aliphatic heterocycles. The zero-order valence-corrected chi connectivity index (χ0v) is 10.8. The molecule has 0 atom stereocenters. The summed E-state index contributed by atoms with van der Waals surface area (Å²) < 4.78 is 0. The highest BCUT2D eigenvalue weighted by Gasteiger charge is 2.10. The first-order valence-corrected chi connectivity index (χ1v) is 5.98. The Hall–Kier alpha value is -2.70.